The molecule has 2 aromatic rings. The third kappa shape index (κ3) is 3.26. The maximum absolute atomic E-state index is 10.1. The van der Waals surface area contributed by atoms with Gasteiger partial charge in [-0.25, -0.2) is 0 Å². The van der Waals surface area contributed by atoms with Gasteiger partial charge in [0.1, 0.15) is 18.5 Å². The van der Waals surface area contributed by atoms with Crippen molar-refractivity contribution < 1.29 is 9.84 Å². The Labute approximate surface area is 113 Å². The Bertz CT molecular complexity index is 540. The molecule has 19 heavy (non-hydrogen) atoms. The summed E-state index contributed by atoms with van der Waals surface area (Å²) in [6, 6.07) is 15.1. The number of aliphatic hydroxyl groups is 1. The first-order valence-electron chi connectivity index (χ1n) is 6.45. The molecular formula is C16H19NO2. The summed E-state index contributed by atoms with van der Waals surface area (Å²) in [5, 5.41) is 10.1. The van der Waals surface area contributed by atoms with Gasteiger partial charge >= 0.3 is 0 Å². The molecule has 3 N–H and O–H groups in total. The van der Waals surface area contributed by atoms with E-state index < -0.39 is 6.10 Å². The lowest BCUT2D eigenvalue weighted by Gasteiger charge is -2.16. The van der Waals surface area contributed by atoms with Crippen LogP contribution in [0.15, 0.2) is 48.5 Å². The fraction of sp³-hybridized carbons (Fsp3) is 0.250. The summed E-state index contributed by atoms with van der Waals surface area (Å²) in [4.78, 5) is 0. The molecule has 0 saturated heterocycles. The highest BCUT2D eigenvalue weighted by molar-refractivity contribution is 5.47. The van der Waals surface area contributed by atoms with Gasteiger partial charge in [-0.1, -0.05) is 43.3 Å². The van der Waals surface area contributed by atoms with Crippen molar-refractivity contribution in [1.82, 2.24) is 0 Å². The zero-order valence-corrected chi connectivity index (χ0v) is 11.0. The second-order valence-electron chi connectivity index (χ2n) is 4.42. The summed E-state index contributed by atoms with van der Waals surface area (Å²) in [5.41, 5.74) is 8.26. The predicted molar refractivity (Wildman–Crippen MR) is 77.1 cm³/mol. The SMILES string of the molecule is CCc1ccccc1OCC(O)c1ccccc1N. The molecule has 0 bridgehead atoms. The molecule has 0 aliphatic carbocycles. The van der Waals surface area contributed by atoms with E-state index in [0.29, 0.717) is 11.3 Å². The number of anilines is 1. The van der Waals surface area contributed by atoms with Crippen LogP contribution in [0.3, 0.4) is 0 Å². The molecule has 3 heteroatoms. The highest BCUT2D eigenvalue weighted by atomic mass is 16.5. The monoisotopic (exact) mass is 257 g/mol. The quantitative estimate of drug-likeness (QED) is 0.810. The predicted octanol–water partition coefficient (Wildman–Crippen LogP) is 2.94. The van der Waals surface area contributed by atoms with Gasteiger partial charge in [0, 0.05) is 11.3 Å². The second-order valence-corrected chi connectivity index (χ2v) is 4.42. The lowest BCUT2D eigenvalue weighted by Crippen LogP contribution is -2.12. The summed E-state index contributed by atoms with van der Waals surface area (Å²) in [7, 11) is 0. The van der Waals surface area contributed by atoms with E-state index in [0.717, 1.165) is 17.7 Å². The molecule has 0 saturated carbocycles. The standard InChI is InChI=1S/C16H19NO2/c1-2-12-7-3-6-10-16(12)19-11-15(18)13-8-4-5-9-14(13)17/h3-10,15,18H,2,11,17H2,1H3. The highest BCUT2D eigenvalue weighted by Gasteiger charge is 2.12. The number of para-hydroxylation sites is 2. The topological polar surface area (TPSA) is 55.5 Å². The first-order valence-corrected chi connectivity index (χ1v) is 6.45. The zero-order chi connectivity index (χ0) is 13.7. The van der Waals surface area contributed by atoms with Gasteiger partial charge in [-0.15, -0.1) is 0 Å². The molecule has 2 aromatic carbocycles. The molecule has 0 aromatic heterocycles. The number of nitrogens with two attached hydrogens (primary N) is 1. The lowest BCUT2D eigenvalue weighted by molar-refractivity contribution is 0.108. The molecule has 2 rings (SSSR count). The number of nitrogen functional groups attached to an aromatic ring is 1. The molecular weight excluding hydrogens is 238 g/mol. The van der Waals surface area contributed by atoms with Crippen LogP contribution < -0.4 is 10.5 Å². The maximum Gasteiger partial charge on any atom is 0.122 e. The van der Waals surface area contributed by atoms with Crippen molar-refractivity contribution in [3.8, 4) is 5.75 Å². The first kappa shape index (κ1) is 13.4. The molecule has 3 nitrogen and oxygen atoms in total. The molecule has 0 aliphatic rings. The van der Waals surface area contributed by atoms with Crippen molar-refractivity contribution in [2.75, 3.05) is 12.3 Å². The van der Waals surface area contributed by atoms with E-state index >= 15 is 0 Å². The van der Waals surface area contributed by atoms with Crippen LogP contribution in [0.5, 0.6) is 5.75 Å². The van der Waals surface area contributed by atoms with Crippen LogP contribution in [-0.4, -0.2) is 11.7 Å². The van der Waals surface area contributed by atoms with E-state index in [1.165, 1.54) is 0 Å². The normalized spacial score (nSPS) is 12.1. The summed E-state index contributed by atoms with van der Waals surface area (Å²) < 4.78 is 5.69. The van der Waals surface area contributed by atoms with E-state index in [4.69, 9.17) is 10.5 Å². The Morgan fingerprint density at radius 2 is 1.79 bits per heavy atom. The fourth-order valence-electron chi connectivity index (χ4n) is 2.01. The van der Waals surface area contributed by atoms with E-state index in [2.05, 4.69) is 6.92 Å². The number of benzene rings is 2. The van der Waals surface area contributed by atoms with Crippen LogP contribution >= 0.6 is 0 Å². The van der Waals surface area contributed by atoms with Gasteiger partial charge in [-0.05, 0) is 24.1 Å². The molecule has 0 aliphatic heterocycles. The molecule has 0 radical (unpaired) electrons. The molecule has 0 heterocycles. The zero-order valence-electron chi connectivity index (χ0n) is 11.0. The molecule has 0 spiro atoms. The Kier molecular flexibility index (Phi) is 4.42. The number of aliphatic hydroxyl groups excluding tert-OH is 1. The van der Waals surface area contributed by atoms with Crippen molar-refractivity contribution in [1.29, 1.82) is 0 Å². The highest BCUT2D eigenvalue weighted by Crippen LogP contribution is 2.23. The summed E-state index contributed by atoms with van der Waals surface area (Å²) in [6.45, 7) is 2.28. The second kappa shape index (κ2) is 6.25. The number of rotatable bonds is 5. The van der Waals surface area contributed by atoms with E-state index in [1.54, 1.807) is 6.07 Å². The van der Waals surface area contributed by atoms with Gasteiger partial charge in [0.05, 0.1) is 0 Å². The van der Waals surface area contributed by atoms with E-state index in [-0.39, 0.29) is 6.61 Å². The van der Waals surface area contributed by atoms with Gasteiger partial charge in [-0.3, -0.25) is 0 Å². The van der Waals surface area contributed by atoms with Gasteiger partial charge in [0.2, 0.25) is 0 Å². The van der Waals surface area contributed by atoms with Gasteiger partial charge in [-0.2, -0.15) is 0 Å². The van der Waals surface area contributed by atoms with Crippen LogP contribution in [0.4, 0.5) is 5.69 Å². The molecule has 1 unspecified atom stereocenters. The Hall–Kier alpha value is -2.00. The van der Waals surface area contributed by atoms with Crippen LogP contribution in [-0.2, 0) is 6.42 Å². The smallest absolute Gasteiger partial charge is 0.122 e. The third-order valence-electron chi connectivity index (χ3n) is 3.11. The van der Waals surface area contributed by atoms with Crippen molar-refractivity contribution >= 4 is 5.69 Å². The number of ether oxygens (including phenoxy) is 1. The largest absolute Gasteiger partial charge is 0.490 e. The fourth-order valence-corrected chi connectivity index (χ4v) is 2.01. The average molecular weight is 257 g/mol. The lowest BCUT2D eigenvalue weighted by atomic mass is 10.1. The van der Waals surface area contributed by atoms with Gasteiger partial charge in [0.25, 0.3) is 0 Å². The van der Waals surface area contributed by atoms with E-state index in [9.17, 15) is 5.11 Å². The van der Waals surface area contributed by atoms with Crippen LogP contribution in [0.2, 0.25) is 0 Å². The number of hydrogen-bond donors (Lipinski definition) is 2. The minimum Gasteiger partial charge on any atom is -0.490 e. The Morgan fingerprint density at radius 1 is 1.11 bits per heavy atom. The minimum absolute atomic E-state index is 0.200. The van der Waals surface area contributed by atoms with Crippen LogP contribution in [0.1, 0.15) is 24.2 Å². The maximum atomic E-state index is 10.1. The third-order valence-corrected chi connectivity index (χ3v) is 3.11. The molecule has 1 atom stereocenters. The number of aryl methyl sites for hydroxylation is 1. The first-order chi connectivity index (χ1) is 9.22. The van der Waals surface area contributed by atoms with Crippen LogP contribution in [0, 0.1) is 0 Å². The Morgan fingerprint density at radius 3 is 2.53 bits per heavy atom. The van der Waals surface area contributed by atoms with Gasteiger partial charge < -0.3 is 15.6 Å². The molecule has 0 fully saturated rings. The summed E-state index contributed by atoms with van der Waals surface area (Å²) in [5.74, 6) is 0.818. The van der Waals surface area contributed by atoms with Crippen molar-refractivity contribution in [2.45, 2.75) is 19.4 Å². The average Bonchev–Trinajstić information content (AvgIpc) is 2.45. The van der Waals surface area contributed by atoms with Gasteiger partial charge in [0.15, 0.2) is 0 Å². The molecule has 0 amide bonds. The Balaban J connectivity index is 2.04. The van der Waals surface area contributed by atoms with Crippen molar-refractivity contribution in [3.05, 3.63) is 59.7 Å². The van der Waals surface area contributed by atoms with Crippen molar-refractivity contribution in [2.24, 2.45) is 0 Å². The van der Waals surface area contributed by atoms with Crippen molar-refractivity contribution in [3.63, 3.8) is 0 Å². The summed E-state index contributed by atoms with van der Waals surface area (Å²) in [6.07, 6.45) is 0.186. The minimum atomic E-state index is -0.717. The van der Waals surface area contributed by atoms with E-state index in [1.807, 2.05) is 42.5 Å². The number of hydrogen-bond acceptors (Lipinski definition) is 3. The molecule has 100 valence electrons. The van der Waals surface area contributed by atoms with Crippen LogP contribution in [0.25, 0.3) is 0 Å². The summed E-state index contributed by atoms with van der Waals surface area (Å²) >= 11 is 0.